The fourth-order valence-corrected chi connectivity index (χ4v) is 3.06. The van der Waals surface area contributed by atoms with Crippen molar-refractivity contribution in [2.45, 2.75) is 72.8 Å². The van der Waals surface area contributed by atoms with Crippen molar-refractivity contribution >= 4 is 5.78 Å². The Bertz CT molecular complexity index is 265. The Morgan fingerprint density at radius 2 is 1.94 bits per heavy atom. The Morgan fingerprint density at radius 3 is 2.44 bits per heavy atom. The van der Waals surface area contributed by atoms with Gasteiger partial charge in [-0.1, -0.05) is 47.0 Å². The average Bonchev–Trinajstić information content (AvgIpc) is 2.34. The Kier molecular flexibility index (Phi) is 5.84. The quantitative estimate of drug-likeness (QED) is 0.734. The van der Waals surface area contributed by atoms with E-state index >= 15 is 0 Å². The number of carbonyl (C=O) groups is 1. The predicted octanol–water partition coefficient (Wildman–Crippen LogP) is 4.22. The molecule has 0 N–H and O–H groups in total. The van der Waals surface area contributed by atoms with Crippen LogP contribution in [-0.2, 0) is 9.53 Å². The van der Waals surface area contributed by atoms with Crippen molar-refractivity contribution in [2.24, 2.45) is 17.3 Å². The minimum absolute atomic E-state index is 0.0910. The maximum atomic E-state index is 12.7. The largest absolute Gasteiger partial charge is 0.370 e. The molecule has 0 heterocycles. The highest BCUT2D eigenvalue weighted by atomic mass is 16.5. The van der Waals surface area contributed by atoms with Gasteiger partial charge in [0, 0.05) is 12.5 Å². The van der Waals surface area contributed by atoms with Crippen LogP contribution in [0.4, 0.5) is 0 Å². The summed E-state index contributed by atoms with van der Waals surface area (Å²) in [5.41, 5.74) is -0.0910. The van der Waals surface area contributed by atoms with E-state index in [1.807, 2.05) is 6.92 Å². The van der Waals surface area contributed by atoms with Crippen LogP contribution in [0.1, 0.15) is 66.7 Å². The topological polar surface area (TPSA) is 26.3 Å². The first kappa shape index (κ1) is 15.7. The molecule has 3 unspecified atom stereocenters. The van der Waals surface area contributed by atoms with Gasteiger partial charge in [0.2, 0.25) is 0 Å². The van der Waals surface area contributed by atoms with E-state index in [4.69, 9.17) is 4.74 Å². The van der Waals surface area contributed by atoms with Crippen LogP contribution in [0.15, 0.2) is 0 Å². The van der Waals surface area contributed by atoms with Crippen molar-refractivity contribution < 1.29 is 9.53 Å². The van der Waals surface area contributed by atoms with E-state index in [9.17, 15) is 4.79 Å². The standard InChI is InChI=1S/C16H30O2/c1-6-12-9-8-10-13(11-12)14(17)15(18-7-2)16(3,4)5/h12-13,15H,6-11H2,1-5H3. The smallest absolute Gasteiger partial charge is 0.165 e. The number of carbonyl (C=O) groups excluding carboxylic acids is 1. The molecule has 0 aromatic carbocycles. The van der Waals surface area contributed by atoms with Crippen molar-refractivity contribution in [1.29, 1.82) is 0 Å². The van der Waals surface area contributed by atoms with Crippen LogP contribution in [0.5, 0.6) is 0 Å². The lowest BCUT2D eigenvalue weighted by Gasteiger charge is -2.35. The minimum atomic E-state index is -0.233. The van der Waals surface area contributed by atoms with Gasteiger partial charge in [-0.3, -0.25) is 4.79 Å². The molecule has 1 fully saturated rings. The van der Waals surface area contributed by atoms with E-state index in [0.717, 1.165) is 18.8 Å². The van der Waals surface area contributed by atoms with Gasteiger partial charge in [0.05, 0.1) is 0 Å². The van der Waals surface area contributed by atoms with Crippen molar-refractivity contribution in [1.82, 2.24) is 0 Å². The zero-order valence-corrected chi connectivity index (χ0v) is 12.8. The van der Waals surface area contributed by atoms with E-state index in [0.29, 0.717) is 12.4 Å². The fraction of sp³-hybridized carbons (Fsp3) is 0.938. The number of hydrogen-bond donors (Lipinski definition) is 0. The lowest BCUT2D eigenvalue weighted by Crippen LogP contribution is -2.42. The number of ether oxygens (including phenoxy) is 1. The van der Waals surface area contributed by atoms with Gasteiger partial charge in [-0.15, -0.1) is 0 Å². The molecular weight excluding hydrogens is 224 g/mol. The van der Waals surface area contributed by atoms with E-state index in [1.165, 1.54) is 19.3 Å². The Morgan fingerprint density at radius 1 is 1.28 bits per heavy atom. The van der Waals surface area contributed by atoms with Crippen molar-refractivity contribution in [3.05, 3.63) is 0 Å². The third kappa shape index (κ3) is 4.08. The van der Waals surface area contributed by atoms with Crippen LogP contribution in [0.3, 0.4) is 0 Å². The highest BCUT2D eigenvalue weighted by Gasteiger charge is 2.37. The van der Waals surface area contributed by atoms with Crippen molar-refractivity contribution in [3.8, 4) is 0 Å². The zero-order chi connectivity index (χ0) is 13.8. The first-order valence-corrected chi connectivity index (χ1v) is 7.55. The molecule has 0 aromatic rings. The third-order valence-electron chi connectivity index (χ3n) is 4.14. The van der Waals surface area contributed by atoms with Gasteiger partial charge in [-0.05, 0) is 31.1 Å². The molecule has 1 aliphatic rings. The van der Waals surface area contributed by atoms with Gasteiger partial charge in [0.15, 0.2) is 5.78 Å². The van der Waals surface area contributed by atoms with E-state index in [1.54, 1.807) is 0 Å². The summed E-state index contributed by atoms with van der Waals surface area (Å²) in [6, 6.07) is 0. The summed E-state index contributed by atoms with van der Waals surface area (Å²) in [6.45, 7) is 11.1. The summed E-state index contributed by atoms with van der Waals surface area (Å²) in [5, 5.41) is 0. The molecule has 0 amide bonds. The molecule has 18 heavy (non-hydrogen) atoms. The molecule has 1 aliphatic carbocycles. The van der Waals surface area contributed by atoms with E-state index < -0.39 is 0 Å². The molecule has 0 saturated heterocycles. The molecule has 0 spiro atoms. The van der Waals surface area contributed by atoms with Crippen LogP contribution in [0.25, 0.3) is 0 Å². The van der Waals surface area contributed by atoms with Crippen molar-refractivity contribution in [3.63, 3.8) is 0 Å². The van der Waals surface area contributed by atoms with Crippen LogP contribution < -0.4 is 0 Å². The molecule has 3 atom stereocenters. The fourth-order valence-electron chi connectivity index (χ4n) is 3.06. The maximum Gasteiger partial charge on any atom is 0.165 e. The van der Waals surface area contributed by atoms with Crippen molar-refractivity contribution in [2.75, 3.05) is 6.61 Å². The third-order valence-corrected chi connectivity index (χ3v) is 4.14. The molecule has 2 nitrogen and oxygen atoms in total. The first-order valence-electron chi connectivity index (χ1n) is 7.55. The SMILES string of the molecule is CCOC(C(=O)C1CCCC(CC)C1)C(C)(C)C. The minimum Gasteiger partial charge on any atom is -0.370 e. The Hall–Kier alpha value is -0.370. The molecule has 0 aromatic heterocycles. The molecule has 0 radical (unpaired) electrons. The van der Waals surface area contributed by atoms with E-state index in [-0.39, 0.29) is 17.4 Å². The summed E-state index contributed by atoms with van der Waals surface area (Å²) in [7, 11) is 0. The predicted molar refractivity (Wildman–Crippen MR) is 75.6 cm³/mol. The summed E-state index contributed by atoms with van der Waals surface area (Å²) >= 11 is 0. The molecule has 1 saturated carbocycles. The summed E-state index contributed by atoms with van der Waals surface area (Å²) < 4.78 is 5.74. The molecule has 1 rings (SSSR count). The molecule has 106 valence electrons. The van der Waals surface area contributed by atoms with Gasteiger partial charge in [0.1, 0.15) is 6.10 Å². The van der Waals surface area contributed by atoms with Crippen LogP contribution in [0, 0.1) is 17.3 Å². The normalized spacial score (nSPS) is 26.9. The molecule has 2 heteroatoms. The molecule has 0 bridgehead atoms. The second-order valence-electron chi connectivity index (χ2n) is 6.74. The van der Waals surface area contributed by atoms with Gasteiger partial charge in [-0.2, -0.15) is 0 Å². The Balaban J connectivity index is 2.70. The Labute approximate surface area is 112 Å². The van der Waals surface area contributed by atoms with Gasteiger partial charge in [0.25, 0.3) is 0 Å². The maximum absolute atomic E-state index is 12.7. The number of ketones is 1. The van der Waals surface area contributed by atoms with E-state index in [2.05, 4.69) is 27.7 Å². The number of hydrogen-bond acceptors (Lipinski definition) is 2. The van der Waals surface area contributed by atoms with Gasteiger partial charge >= 0.3 is 0 Å². The van der Waals surface area contributed by atoms with Gasteiger partial charge in [-0.25, -0.2) is 0 Å². The first-order chi connectivity index (χ1) is 8.40. The zero-order valence-electron chi connectivity index (χ0n) is 12.8. The lowest BCUT2D eigenvalue weighted by molar-refractivity contribution is -0.143. The van der Waals surface area contributed by atoms with Gasteiger partial charge < -0.3 is 4.74 Å². The monoisotopic (exact) mass is 254 g/mol. The average molecular weight is 254 g/mol. The van der Waals surface area contributed by atoms with Crippen LogP contribution in [-0.4, -0.2) is 18.5 Å². The van der Waals surface area contributed by atoms with Crippen LogP contribution in [0.2, 0.25) is 0 Å². The molecular formula is C16H30O2. The summed E-state index contributed by atoms with van der Waals surface area (Å²) in [5.74, 6) is 1.33. The lowest BCUT2D eigenvalue weighted by atomic mass is 9.74. The molecule has 0 aliphatic heterocycles. The second kappa shape index (κ2) is 6.70. The number of rotatable bonds is 5. The highest BCUT2D eigenvalue weighted by Crippen LogP contribution is 2.35. The summed E-state index contributed by atoms with van der Waals surface area (Å²) in [6.07, 6.45) is 5.62. The number of Topliss-reactive ketones (excluding diaryl/α,β-unsaturated/α-hetero) is 1. The highest BCUT2D eigenvalue weighted by molar-refractivity contribution is 5.86. The van der Waals surface area contributed by atoms with Crippen LogP contribution >= 0.6 is 0 Å². The summed E-state index contributed by atoms with van der Waals surface area (Å²) in [4.78, 5) is 12.7. The second-order valence-corrected chi connectivity index (χ2v) is 6.74.